The summed E-state index contributed by atoms with van der Waals surface area (Å²) in [4.78, 5) is 0. The van der Waals surface area contributed by atoms with E-state index < -0.39 is 5.96 Å². The summed E-state index contributed by atoms with van der Waals surface area (Å²) >= 11 is 0. The zero-order valence-electron chi connectivity index (χ0n) is 8.39. The Hall–Kier alpha value is 0.908. The van der Waals surface area contributed by atoms with Crippen molar-refractivity contribution in [2.75, 3.05) is 0 Å². The minimum Gasteiger partial charge on any atom is -0.693 e. The molecule has 0 bridgehead atoms. The molecular formula is C5H18N6Y2-4. The van der Waals surface area contributed by atoms with Crippen LogP contribution in [0.4, 0.5) is 0 Å². The number of hydrogen-bond donors (Lipinski definition) is 4. The van der Waals surface area contributed by atoms with Crippen molar-refractivity contribution in [1.29, 1.82) is 10.8 Å². The smallest absolute Gasteiger partial charge is 0.0873 e. The maximum Gasteiger partial charge on any atom is 0.0873 e. The second-order valence-corrected chi connectivity index (χ2v) is 1.10. The van der Waals surface area contributed by atoms with Crippen LogP contribution in [0.25, 0.3) is 11.9 Å². The average molecular weight is 340 g/mol. The molecule has 0 saturated carbocycles. The molecule has 8 heteroatoms. The van der Waals surface area contributed by atoms with Crippen molar-refractivity contribution < 1.29 is 65.4 Å². The van der Waals surface area contributed by atoms with Crippen molar-refractivity contribution in [3.05, 3.63) is 26.7 Å². The molecule has 0 heterocycles. The monoisotopic (exact) mass is 340 g/mol. The number of hydrogen-bond acceptors (Lipinski definition) is 2. The summed E-state index contributed by atoms with van der Waals surface area (Å²) in [6, 6.07) is 0. The number of nitrogens with one attached hydrogen (secondary N) is 3. The first kappa shape index (κ1) is 48.6. The molecule has 78 valence electrons. The Morgan fingerprint density at radius 2 is 1.08 bits per heavy atom. The Balaban J connectivity index is -0.00000000800. The van der Waals surface area contributed by atoms with Gasteiger partial charge in [-0.05, 0) is 12.9 Å². The van der Waals surface area contributed by atoms with E-state index in [0.29, 0.717) is 0 Å². The first-order valence-corrected chi connectivity index (χ1v) is 1.83. The van der Waals surface area contributed by atoms with Crippen LogP contribution in [-0.2, 0) is 65.4 Å². The quantitative estimate of drug-likeness (QED) is 0.299. The van der Waals surface area contributed by atoms with Gasteiger partial charge >= 0.3 is 0 Å². The largest absolute Gasteiger partial charge is 0.693 e. The summed E-state index contributed by atoms with van der Waals surface area (Å²) in [5.74, 6) is -0.417. The normalized spacial score (nSPS) is 3.77. The van der Waals surface area contributed by atoms with Gasteiger partial charge in [-0.25, -0.2) is 0 Å². The van der Waals surface area contributed by atoms with Gasteiger partial charge in [0.1, 0.15) is 0 Å². The molecule has 0 aromatic rings. The number of rotatable bonds is 0. The third kappa shape index (κ3) is 1860. The van der Waals surface area contributed by atoms with Crippen LogP contribution < -0.4 is 11.5 Å². The molecular weight excluding hydrogens is 322 g/mol. The van der Waals surface area contributed by atoms with Crippen molar-refractivity contribution in [2.24, 2.45) is 11.5 Å². The van der Waals surface area contributed by atoms with E-state index >= 15 is 0 Å². The van der Waals surface area contributed by atoms with Gasteiger partial charge in [0, 0.05) is 65.4 Å². The summed E-state index contributed by atoms with van der Waals surface area (Å²) in [5.41, 5.74) is 15.0. The summed E-state index contributed by atoms with van der Waals surface area (Å²) in [6.45, 7) is 1.53. The summed E-state index contributed by atoms with van der Waals surface area (Å²) in [6.07, 6.45) is 0. The van der Waals surface area contributed by atoms with Crippen LogP contribution in [0.5, 0.6) is 0 Å². The van der Waals surface area contributed by atoms with Gasteiger partial charge in [0.25, 0.3) is 0 Å². The van der Waals surface area contributed by atoms with Crippen molar-refractivity contribution in [3.63, 3.8) is 0 Å². The van der Waals surface area contributed by atoms with Gasteiger partial charge in [0.15, 0.2) is 0 Å². The van der Waals surface area contributed by atoms with Crippen molar-refractivity contribution in [2.45, 2.75) is 6.92 Å². The van der Waals surface area contributed by atoms with Gasteiger partial charge < -0.3 is 43.6 Å². The Kier molecular flexibility index (Phi) is 143. The fourth-order valence-electron chi connectivity index (χ4n) is 0. The van der Waals surface area contributed by atoms with Gasteiger partial charge in [0.2, 0.25) is 0 Å². The predicted octanol–water partition coefficient (Wildman–Crippen LogP) is 1.49. The number of amidine groups is 1. The molecule has 0 aromatic heterocycles. The van der Waals surface area contributed by atoms with Gasteiger partial charge in [-0.2, -0.15) is 0 Å². The summed E-state index contributed by atoms with van der Waals surface area (Å²) in [7, 11) is 0. The minimum absolute atomic E-state index is 0. The van der Waals surface area contributed by atoms with Gasteiger partial charge in [-0.1, -0.05) is 0 Å². The molecule has 0 amide bonds. The maximum atomic E-state index is 6.28. The van der Waals surface area contributed by atoms with Gasteiger partial charge in [-0.15, -0.1) is 0 Å². The molecule has 0 aliphatic heterocycles. The standard InChI is InChI=1S/C2H6N2.CH4N3.2CH3.H2N.2Y/c1-2(3)4;2-1(3)4;;;;;/h1H3,(H3,3,4);(H4-,2,3,4);2*1H3;1H2;;/q;4*-1;;. The fraction of sp³-hybridized carbons (Fsp3) is 0.200. The maximum absolute atomic E-state index is 6.28. The Labute approximate surface area is 132 Å². The van der Waals surface area contributed by atoms with E-state index in [1.165, 1.54) is 6.92 Å². The zero-order valence-corrected chi connectivity index (χ0v) is 14.1. The van der Waals surface area contributed by atoms with Crippen LogP contribution in [0.15, 0.2) is 0 Å². The molecule has 0 aliphatic rings. The van der Waals surface area contributed by atoms with Crippen LogP contribution in [0.2, 0.25) is 0 Å². The molecule has 0 saturated heterocycles. The van der Waals surface area contributed by atoms with E-state index in [4.69, 9.17) is 22.3 Å². The second kappa shape index (κ2) is 38.4. The fourth-order valence-corrected chi connectivity index (χ4v) is 0. The molecule has 2 radical (unpaired) electrons. The van der Waals surface area contributed by atoms with Crippen molar-refractivity contribution in [1.82, 2.24) is 0 Å². The van der Waals surface area contributed by atoms with E-state index in [-0.39, 0.29) is 92.3 Å². The Bertz CT molecular complexity index is 77.0. The number of guanidine groups is 1. The third-order valence-corrected chi connectivity index (χ3v) is 0. The first-order valence-electron chi connectivity index (χ1n) is 1.83. The molecule has 0 unspecified atom stereocenters. The zero-order chi connectivity index (χ0) is 7.15. The molecule has 0 spiro atoms. The second-order valence-electron chi connectivity index (χ2n) is 1.10. The summed E-state index contributed by atoms with van der Waals surface area (Å²) < 4.78 is 0. The molecule has 9 N–H and O–H groups in total. The predicted molar refractivity (Wildman–Crippen MR) is 51.9 cm³/mol. The van der Waals surface area contributed by atoms with E-state index in [9.17, 15) is 0 Å². The van der Waals surface area contributed by atoms with Crippen LogP contribution in [0.3, 0.4) is 0 Å². The Morgan fingerprint density at radius 1 is 1.08 bits per heavy atom. The van der Waals surface area contributed by atoms with Gasteiger partial charge in [0.05, 0.1) is 5.84 Å². The summed E-state index contributed by atoms with van der Waals surface area (Å²) in [5, 5.41) is 12.2. The van der Waals surface area contributed by atoms with Crippen molar-refractivity contribution in [3.8, 4) is 0 Å². The van der Waals surface area contributed by atoms with E-state index in [1.807, 2.05) is 0 Å². The van der Waals surface area contributed by atoms with Gasteiger partial charge in [-0.3, -0.25) is 5.41 Å². The average Bonchev–Trinajstić information content (AvgIpc) is 1.25. The van der Waals surface area contributed by atoms with Crippen LogP contribution in [0.1, 0.15) is 6.92 Å². The van der Waals surface area contributed by atoms with Crippen LogP contribution >= 0.6 is 0 Å². The molecule has 6 nitrogen and oxygen atoms in total. The topological polar surface area (TPSA) is 157 Å². The molecule has 13 heavy (non-hydrogen) atoms. The minimum atomic E-state index is -0.583. The molecule has 0 atom stereocenters. The third-order valence-electron chi connectivity index (χ3n) is 0. The van der Waals surface area contributed by atoms with Crippen LogP contribution in [0, 0.1) is 25.7 Å². The first-order chi connectivity index (χ1) is 3.46. The molecule has 0 aliphatic carbocycles. The molecule has 0 aromatic carbocycles. The van der Waals surface area contributed by atoms with E-state index in [2.05, 4.69) is 5.73 Å². The van der Waals surface area contributed by atoms with E-state index in [0.717, 1.165) is 0 Å². The van der Waals surface area contributed by atoms with E-state index in [1.54, 1.807) is 0 Å². The van der Waals surface area contributed by atoms with Crippen LogP contribution in [-0.4, -0.2) is 11.8 Å². The van der Waals surface area contributed by atoms with Crippen molar-refractivity contribution >= 4 is 11.8 Å². The molecule has 0 rings (SSSR count). The molecule has 0 fully saturated rings. The number of nitrogens with two attached hydrogens (primary N) is 3. The Morgan fingerprint density at radius 3 is 1.08 bits per heavy atom. The SMILES string of the molecule is CC(=N)N.N=C([NH-])N.[CH3-].[CH3-].[NH2-].[Y].[Y].